The second-order valence-corrected chi connectivity index (χ2v) is 6.36. The van der Waals surface area contributed by atoms with Crippen molar-refractivity contribution in [3.8, 4) is 0 Å². The number of nitrogens with zero attached hydrogens (tertiary/aromatic N) is 3. The zero-order valence-electron chi connectivity index (χ0n) is 13.2. The highest BCUT2D eigenvalue weighted by Crippen LogP contribution is 2.22. The van der Waals surface area contributed by atoms with E-state index in [-0.39, 0.29) is 0 Å². The van der Waals surface area contributed by atoms with Crippen molar-refractivity contribution in [3.63, 3.8) is 0 Å². The number of methoxy groups -OCH3 is 1. The molecule has 0 aromatic carbocycles. The normalized spacial score (nSPS) is 18.6. The zero-order valence-corrected chi connectivity index (χ0v) is 13.2. The summed E-state index contributed by atoms with van der Waals surface area (Å²) >= 11 is 0. The predicted octanol–water partition coefficient (Wildman–Crippen LogP) is 2.62. The van der Waals surface area contributed by atoms with Gasteiger partial charge in [0.05, 0.1) is 0 Å². The Balaban J connectivity index is 1.75. The van der Waals surface area contributed by atoms with Crippen LogP contribution in [0.3, 0.4) is 0 Å². The molecule has 1 aromatic rings. The lowest BCUT2D eigenvalue weighted by Gasteiger charge is -2.29. The van der Waals surface area contributed by atoms with Crippen LogP contribution in [0.4, 0.5) is 0 Å². The Hall–Kier alpha value is -0.940. The van der Waals surface area contributed by atoms with Crippen molar-refractivity contribution < 1.29 is 9.26 Å². The van der Waals surface area contributed by atoms with Crippen LogP contribution >= 0.6 is 0 Å². The Morgan fingerprint density at radius 2 is 2.05 bits per heavy atom. The lowest BCUT2D eigenvalue weighted by molar-refractivity contribution is -0.00786. The van der Waals surface area contributed by atoms with Crippen LogP contribution in [0, 0.1) is 5.92 Å². The van der Waals surface area contributed by atoms with Gasteiger partial charge in [0.25, 0.3) is 5.89 Å². The quantitative estimate of drug-likeness (QED) is 0.802. The highest BCUT2D eigenvalue weighted by molar-refractivity contribution is 4.95. The summed E-state index contributed by atoms with van der Waals surface area (Å²) in [6.45, 7) is 9.79. The molecule has 0 bridgehead atoms. The molecule has 0 amide bonds. The van der Waals surface area contributed by atoms with Crippen molar-refractivity contribution in [2.75, 3.05) is 26.7 Å². The van der Waals surface area contributed by atoms with Crippen LogP contribution in [-0.4, -0.2) is 41.8 Å². The van der Waals surface area contributed by atoms with Crippen LogP contribution in [0.15, 0.2) is 4.52 Å². The van der Waals surface area contributed by atoms with E-state index in [2.05, 4.69) is 22.0 Å². The van der Waals surface area contributed by atoms with Gasteiger partial charge in [0.1, 0.15) is 5.60 Å². The molecule has 1 aromatic heterocycles. The maximum atomic E-state index is 5.34. The molecule has 0 N–H and O–H groups in total. The van der Waals surface area contributed by atoms with Gasteiger partial charge < -0.3 is 14.2 Å². The average molecular weight is 281 g/mol. The first-order valence-corrected chi connectivity index (χ1v) is 7.62. The largest absolute Gasteiger partial charge is 0.369 e. The monoisotopic (exact) mass is 281 g/mol. The molecule has 0 aliphatic carbocycles. The molecule has 1 aliphatic heterocycles. The number of aryl methyl sites for hydroxylation is 1. The molecule has 1 fully saturated rings. The fourth-order valence-electron chi connectivity index (χ4n) is 2.43. The van der Waals surface area contributed by atoms with Crippen LogP contribution in [0.1, 0.15) is 51.7 Å². The molecule has 0 spiro atoms. The Morgan fingerprint density at radius 3 is 2.70 bits per heavy atom. The van der Waals surface area contributed by atoms with Gasteiger partial charge in [0.15, 0.2) is 5.82 Å². The molecule has 2 rings (SSSR count). The number of rotatable bonds is 6. The minimum atomic E-state index is -0.506. The Labute approximate surface area is 121 Å². The second kappa shape index (κ2) is 6.68. The Bertz CT molecular complexity index is 409. The summed E-state index contributed by atoms with van der Waals surface area (Å²) < 4.78 is 10.6. The third kappa shape index (κ3) is 4.03. The second-order valence-electron chi connectivity index (χ2n) is 6.36. The maximum Gasteiger partial charge on any atom is 0.258 e. The van der Waals surface area contributed by atoms with E-state index in [1.807, 2.05) is 13.8 Å². The number of piperidine rings is 1. The minimum absolute atomic E-state index is 0.506. The van der Waals surface area contributed by atoms with Crippen LogP contribution < -0.4 is 0 Å². The molecule has 0 radical (unpaired) electrons. The van der Waals surface area contributed by atoms with E-state index in [0.717, 1.165) is 31.1 Å². The van der Waals surface area contributed by atoms with Gasteiger partial charge in [-0.2, -0.15) is 4.98 Å². The molecule has 0 saturated carbocycles. The zero-order chi connectivity index (χ0) is 14.6. The number of hydrogen-bond acceptors (Lipinski definition) is 5. The molecule has 2 heterocycles. The van der Waals surface area contributed by atoms with Gasteiger partial charge in [-0.3, -0.25) is 0 Å². The first-order chi connectivity index (χ1) is 9.51. The van der Waals surface area contributed by atoms with E-state index in [1.165, 1.54) is 25.9 Å². The summed E-state index contributed by atoms with van der Waals surface area (Å²) in [5, 5.41) is 4.04. The Kier molecular flexibility index (Phi) is 5.16. The fourth-order valence-corrected chi connectivity index (χ4v) is 2.43. The number of likely N-dealkylation sites (tertiary alicyclic amines) is 1. The van der Waals surface area contributed by atoms with Gasteiger partial charge in [-0.15, -0.1) is 0 Å². The third-order valence-electron chi connectivity index (χ3n) is 4.24. The highest BCUT2D eigenvalue weighted by atomic mass is 16.5. The van der Waals surface area contributed by atoms with Crippen molar-refractivity contribution in [1.82, 2.24) is 15.0 Å². The molecular weight excluding hydrogens is 254 g/mol. The molecular formula is C15H27N3O2. The van der Waals surface area contributed by atoms with E-state index in [4.69, 9.17) is 9.26 Å². The highest BCUT2D eigenvalue weighted by Gasteiger charge is 2.27. The van der Waals surface area contributed by atoms with Gasteiger partial charge in [0.2, 0.25) is 0 Å². The summed E-state index contributed by atoms with van der Waals surface area (Å²) in [6, 6.07) is 0. The average Bonchev–Trinajstić information content (AvgIpc) is 2.91. The molecule has 0 unspecified atom stereocenters. The van der Waals surface area contributed by atoms with Crippen molar-refractivity contribution in [2.24, 2.45) is 5.92 Å². The standard InChI is InChI=1S/C15H27N3O2/c1-12-7-10-18(11-8-12)9-5-6-13-16-14(20-17-13)15(2,3)19-4/h12H,5-11H2,1-4H3. The van der Waals surface area contributed by atoms with Crippen LogP contribution in [0.25, 0.3) is 0 Å². The van der Waals surface area contributed by atoms with Crippen molar-refractivity contribution >= 4 is 0 Å². The van der Waals surface area contributed by atoms with Crippen molar-refractivity contribution in [1.29, 1.82) is 0 Å². The molecule has 5 heteroatoms. The molecule has 0 atom stereocenters. The van der Waals surface area contributed by atoms with Gasteiger partial charge in [-0.25, -0.2) is 0 Å². The lowest BCUT2D eigenvalue weighted by atomic mass is 9.99. The smallest absolute Gasteiger partial charge is 0.258 e. The van der Waals surface area contributed by atoms with Gasteiger partial charge in [-0.05, 0) is 58.7 Å². The minimum Gasteiger partial charge on any atom is -0.369 e. The number of aromatic nitrogens is 2. The molecule has 5 nitrogen and oxygen atoms in total. The Morgan fingerprint density at radius 1 is 1.35 bits per heavy atom. The first-order valence-electron chi connectivity index (χ1n) is 7.62. The fraction of sp³-hybridized carbons (Fsp3) is 0.867. The number of hydrogen-bond donors (Lipinski definition) is 0. The van der Waals surface area contributed by atoms with Gasteiger partial charge in [0, 0.05) is 13.5 Å². The summed E-state index contributed by atoms with van der Waals surface area (Å²) in [5.74, 6) is 2.24. The summed E-state index contributed by atoms with van der Waals surface area (Å²) in [4.78, 5) is 6.97. The van der Waals surface area contributed by atoms with Crippen LogP contribution in [-0.2, 0) is 16.8 Å². The van der Waals surface area contributed by atoms with E-state index in [0.29, 0.717) is 5.89 Å². The van der Waals surface area contributed by atoms with E-state index >= 15 is 0 Å². The molecule has 114 valence electrons. The predicted molar refractivity (Wildman–Crippen MR) is 77.5 cm³/mol. The SMILES string of the molecule is COC(C)(C)c1nc(CCCN2CCC(C)CC2)no1. The summed E-state index contributed by atoms with van der Waals surface area (Å²) in [5.41, 5.74) is -0.506. The maximum absolute atomic E-state index is 5.34. The topological polar surface area (TPSA) is 51.4 Å². The van der Waals surface area contributed by atoms with Gasteiger partial charge in [-0.1, -0.05) is 12.1 Å². The van der Waals surface area contributed by atoms with Gasteiger partial charge >= 0.3 is 0 Å². The van der Waals surface area contributed by atoms with Crippen LogP contribution in [0.2, 0.25) is 0 Å². The molecule has 1 saturated heterocycles. The first kappa shape index (κ1) is 15.4. The van der Waals surface area contributed by atoms with Crippen LogP contribution in [0.5, 0.6) is 0 Å². The van der Waals surface area contributed by atoms with E-state index < -0.39 is 5.60 Å². The summed E-state index contributed by atoms with van der Waals surface area (Å²) in [7, 11) is 1.65. The van der Waals surface area contributed by atoms with Crippen molar-refractivity contribution in [3.05, 3.63) is 11.7 Å². The number of ether oxygens (including phenoxy) is 1. The van der Waals surface area contributed by atoms with E-state index in [1.54, 1.807) is 7.11 Å². The molecule has 20 heavy (non-hydrogen) atoms. The molecule has 1 aliphatic rings. The van der Waals surface area contributed by atoms with Crippen molar-refractivity contribution in [2.45, 2.75) is 52.1 Å². The van der Waals surface area contributed by atoms with E-state index in [9.17, 15) is 0 Å². The lowest BCUT2D eigenvalue weighted by Crippen LogP contribution is -2.33. The third-order valence-corrected chi connectivity index (χ3v) is 4.24. The summed E-state index contributed by atoms with van der Waals surface area (Å²) in [6.07, 6.45) is 4.61.